The lowest BCUT2D eigenvalue weighted by molar-refractivity contribution is -0.253. The van der Waals surface area contributed by atoms with Gasteiger partial charge in [-0.2, -0.15) is 17.6 Å². The molecule has 10 heteroatoms. The zero-order valence-electron chi connectivity index (χ0n) is 13.2. The Labute approximate surface area is 147 Å². The maximum absolute atomic E-state index is 13.4. The highest BCUT2D eigenvalue weighted by Gasteiger charge is 2.43. The van der Waals surface area contributed by atoms with Crippen LogP contribution in [0.5, 0.6) is 5.75 Å². The van der Waals surface area contributed by atoms with Crippen molar-refractivity contribution >= 4 is 22.5 Å². The summed E-state index contributed by atoms with van der Waals surface area (Å²) in [4.78, 5) is 14.9. The number of anilines is 1. The number of rotatable bonds is 5. The van der Waals surface area contributed by atoms with Crippen LogP contribution in [0.25, 0.3) is 10.9 Å². The summed E-state index contributed by atoms with van der Waals surface area (Å²) < 4.78 is 80.4. The van der Waals surface area contributed by atoms with Gasteiger partial charge in [-0.25, -0.2) is 8.78 Å². The first-order chi connectivity index (χ1) is 12.7. The molecule has 0 aliphatic rings. The van der Waals surface area contributed by atoms with Crippen LogP contribution in [-0.2, 0) is 0 Å². The van der Waals surface area contributed by atoms with Crippen molar-refractivity contribution in [1.29, 1.82) is 0 Å². The van der Waals surface area contributed by atoms with E-state index in [-0.39, 0.29) is 22.2 Å². The molecular weight excluding hydrogens is 378 g/mol. The number of nitrogens with one attached hydrogen (secondary N) is 2. The predicted molar refractivity (Wildman–Crippen MR) is 84.2 cm³/mol. The molecule has 27 heavy (non-hydrogen) atoms. The lowest BCUT2D eigenvalue weighted by atomic mass is 10.2. The number of benzene rings is 2. The number of carbonyl (C=O) groups excluding carboxylic acids is 1. The minimum absolute atomic E-state index is 0.000327. The summed E-state index contributed by atoms with van der Waals surface area (Å²) in [5.74, 6) is -3.40. The maximum atomic E-state index is 13.4. The molecule has 0 atom stereocenters. The molecule has 1 heterocycles. The van der Waals surface area contributed by atoms with Crippen molar-refractivity contribution in [2.24, 2.45) is 0 Å². The summed E-state index contributed by atoms with van der Waals surface area (Å²) in [6.45, 7) is 0. The Balaban J connectivity index is 1.76. The van der Waals surface area contributed by atoms with Crippen LogP contribution in [0.2, 0.25) is 0 Å². The molecule has 0 bridgehead atoms. The minimum Gasteiger partial charge on any atom is -0.428 e. The molecule has 3 aromatic rings. The van der Waals surface area contributed by atoms with E-state index >= 15 is 0 Å². The third-order valence-electron chi connectivity index (χ3n) is 3.60. The van der Waals surface area contributed by atoms with Gasteiger partial charge >= 0.3 is 12.5 Å². The highest BCUT2D eigenvalue weighted by atomic mass is 19.3. The zero-order valence-corrected chi connectivity index (χ0v) is 13.2. The van der Waals surface area contributed by atoms with Crippen LogP contribution >= 0.6 is 0 Å². The largest absolute Gasteiger partial charge is 0.461 e. The van der Waals surface area contributed by atoms with Gasteiger partial charge in [0.25, 0.3) is 5.91 Å². The number of carbonyl (C=O) groups is 1. The quantitative estimate of drug-likeness (QED) is 0.609. The molecule has 1 aromatic heterocycles. The second-order valence-corrected chi connectivity index (χ2v) is 5.46. The van der Waals surface area contributed by atoms with Crippen molar-refractivity contribution in [3.63, 3.8) is 0 Å². The van der Waals surface area contributed by atoms with Gasteiger partial charge in [0, 0.05) is 23.2 Å². The van der Waals surface area contributed by atoms with Crippen molar-refractivity contribution in [3.05, 3.63) is 59.8 Å². The third kappa shape index (κ3) is 3.83. The summed E-state index contributed by atoms with van der Waals surface area (Å²) >= 11 is 0. The van der Waals surface area contributed by atoms with Gasteiger partial charge in [0.2, 0.25) is 0 Å². The SMILES string of the molecule is O=C(Nc1c[nH]c2cc(F)c(F)cc12)c1ccc(OC(F)(F)C(F)F)cc1. The van der Waals surface area contributed by atoms with E-state index in [1.54, 1.807) is 0 Å². The topological polar surface area (TPSA) is 54.1 Å². The standard InChI is InChI=1S/C17H10F6N2O2/c18-11-5-10-13(6-12(11)19)24-7-14(10)25-15(26)8-1-3-9(4-2-8)27-17(22,23)16(20)21/h1-7,16,24H,(H,25,26). The lowest BCUT2D eigenvalue weighted by Gasteiger charge is -2.16. The minimum atomic E-state index is -4.66. The van der Waals surface area contributed by atoms with Gasteiger partial charge in [-0.3, -0.25) is 4.79 Å². The molecule has 0 spiro atoms. The number of aromatic amines is 1. The normalized spacial score (nSPS) is 11.8. The molecule has 4 nitrogen and oxygen atoms in total. The lowest BCUT2D eigenvalue weighted by Crippen LogP contribution is -2.33. The van der Waals surface area contributed by atoms with Crippen molar-refractivity contribution in [3.8, 4) is 5.75 Å². The molecule has 0 aliphatic carbocycles. The number of fused-ring (bicyclic) bond motifs is 1. The van der Waals surface area contributed by atoms with Crippen molar-refractivity contribution < 1.29 is 35.9 Å². The molecule has 0 saturated heterocycles. The van der Waals surface area contributed by atoms with Crippen molar-refractivity contribution in [1.82, 2.24) is 4.98 Å². The number of amides is 1. The predicted octanol–water partition coefficient (Wildman–Crippen LogP) is 4.94. The Morgan fingerprint density at radius 2 is 1.70 bits per heavy atom. The zero-order chi connectivity index (χ0) is 19.8. The van der Waals surface area contributed by atoms with E-state index in [2.05, 4.69) is 15.0 Å². The molecule has 0 fully saturated rings. The molecule has 0 unspecified atom stereocenters. The summed E-state index contributed by atoms with van der Waals surface area (Å²) in [5.41, 5.74) is 0.417. The Hall–Kier alpha value is -3.17. The highest BCUT2D eigenvalue weighted by Crippen LogP contribution is 2.28. The number of alkyl halides is 4. The van der Waals surface area contributed by atoms with E-state index < -0.39 is 35.8 Å². The molecular formula is C17H10F6N2O2. The maximum Gasteiger partial charge on any atom is 0.461 e. The van der Waals surface area contributed by atoms with Crippen LogP contribution in [0.3, 0.4) is 0 Å². The Morgan fingerprint density at radius 3 is 2.33 bits per heavy atom. The molecule has 0 saturated carbocycles. The number of hydrogen-bond donors (Lipinski definition) is 2. The van der Waals surface area contributed by atoms with Crippen LogP contribution < -0.4 is 10.1 Å². The average molecular weight is 388 g/mol. The van der Waals surface area contributed by atoms with Gasteiger partial charge in [0.05, 0.1) is 11.2 Å². The smallest absolute Gasteiger partial charge is 0.428 e. The molecule has 2 N–H and O–H groups in total. The molecule has 2 aromatic carbocycles. The van der Waals surface area contributed by atoms with Crippen LogP contribution in [0.15, 0.2) is 42.6 Å². The van der Waals surface area contributed by atoms with Gasteiger partial charge in [0.1, 0.15) is 5.75 Å². The fourth-order valence-electron chi connectivity index (χ4n) is 2.29. The van der Waals surface area contributed by atoms with Gasteiger partial charge in [-0.1, -0.05) is 0 Å². The van der Waals surface area contributed by atoms with Crippen LogP contribution in [0, 0.1) is 11.6 Å². The first-order valence-electron chi connectivity index (χ1n) is 7.40. The summed E-state index contributed by atoms with van der Waals surface area (Å²) in [6.07, 6.45) is -7.34. The number of ether oxygens (including phenoxy) is 1. The number of H-pyrrole nitrogens is 1. The molecule has 142 valence electrons. The fraction of sp³-hybridized carbons (Fsp3) is 0.118. The summed E-state index contributed by atoms with van der Waals surface area (Å²) in [7, 11) is 0. The van der Waals surface area contributed by atoms with E-state index in [0.717, 1.165) is 36.4 Å². The number of halogens is 6. The molecule has 0 aliphatic heterocycles. The van der Waals surface area contributed by atoms with Crippen LogP contribution in [-0.4, -0.2) is 23.4 Å². The first-order valence-corrected chi connectivity index (χ1v) is 7.40. The van der Waals surface area contributed by atoms with Gasteiger partial charge in [-0.05, 0) is 30.3 Å². The van der Waals surface area contributed by atoms with E-state index in [9.17, 15) is 31.1 Å². The second kappa shape index (κ2) is 6.86. The molecule has 0 radical (unpaired) electrons. The average Bonchev–Trinajstić information content (AvgIpc) is 2.97. The van der Waals surface area contributed by atoms with Crippen LogP contribution in [0.4, 0.5) is 32.0 Å². The van der Waals surface area contributed by atoms with Crippen molar-refractivity contribution in [2.75, 3.05) is 5.32 Å². The van der Waals surface area contributed by atoms with E-state index in [4.69, 9.17) is 0 Å². The Morgan fingerprint density at radius 1 is 1.07 bits per heavy atom. The van der Waals surface area contributed by atoms with Crippen molar-refractivity contribution in [2.45, 2.75) is 12.5 Å². The summed E-state index contributed by atoms with van der Waals surface area (Å²) in [6, 6.07) is 5.85. The first kappa shape index (κ1) is 18.6. The van der Waals surface area contributed by atoms with Crippen LogP contribution in [0.1, 0.15) is 10.4 Å². The third-order valence-corrected chi connectivity index (χ3v) is 3.60. The van der Waals surface area contributed by atoms with E-state index in [1.165, 1.54) is 6.20 Å². The van der Waals surface area contributed by atoms with Gasteiger partial charge in [-0.15, -0.1) is 0 Å². The highest BCUT2D eigenvalue weighted by molar-refractivity contribution is 6.09. The Kier molecular flexibility index (Phi) is 4.73. The van der Waals surface area contributed by atoms with Gasteiger partial charge < -0.3 is 15.0 Å². The Bertz CT molecular complexity index is 985. The van der Waals surface area contributed by atoms with Gasteiger partial charge in [0.15, 0.2) is 11.6 Å². The summed E-state index contributed by atoms with van der Waals surface area (Å²) in [5, 5.41) is 2.67. The van der Waals surface area contributed by atoms with E-state index in [1.807, 2.05) is 0 Å². The monoisotopic (exact) mass is 388 g/mol. The van der Waals surface area contributed by atoms with E-state index in [0.29, 0.717) is 0 Å². The fourth-order valence-corrected chi connectivity index (χ4v) is 2.29. The molecule has 1 amide bonds. The second-order valence-electron chi connectivity index (χ2n) is 5.46. The molecule has 3 rings (SSSR count). The number of aromatic nitrogens is 1. The number of hydrogen-bond acceptors (Lipinski definition) is 2.